The number of rotatable bonds is 5. The Morgan fingerprint density at radius 1 is 1.18 bits per heavy atom. The highest BCUT2D eigenvalue weighted by atomic mass is 16.2. The largest absolute Gasteiger partial charge is 0.344 e. The molecule has 0 aliphatic heterocycles. The summed E-state index contributed by atoms with van der Waals surface area (Å²) in [6.45, 7) is 5.14. The lowest BCUT2D eigenvalue weighted by Gasteiger charge is -2.21. The summed E-state index contributed by atoms with van der Waals surface area (Å²) in [7, 11) is 0. The maximum absolute atomic E-state index is 12.2. The third-order valence-corrected chi connectivity index (χ3v) is 3.06. The first-order valence-corrected chi connectivity index (χ1v) is 6.89. The second-order valence-electron chi connectivity index (χ2n) is 5.21. The van der Waals surface area contributed by atoms with Crippen molar-refractivity contribution in [2.24, 2.45) is 5.92 Å². The van der Waals surface area contributed by atoms with Gasteiger partial charge in [-0.25, -0.2) is 4.68 Å². The molecule has 8 heteroatoms. The number of carbonyl (C=O) groups excluding carboxylic acids is 2. The van der Waals surface area contributed by atoms with Gasteiger partial charge in [-0.3, -0.25) is 9.59 Å². The van der Waals surface area contributed by atoms with E-state index < -0.39 is 6.04 Å². The highest BCUT2D eigenvalue weighted by Gasteiger charge is 2.22. The van der Waals surface area contributed by atoms with Crippen molar-refractivity contribution in [2.45, 2.75) is 26.8 Å². The Balaban J connectivity index is 2.06. The zero-order valence-electron chi connectivity index (χ0n) is 12.6. The van der Waals surface area contributed by atoms with Crippen molar-refractivity contribution in [3.8, 4) is 5.69 Å². The van der Waals surface area contributed by atoms with Gasteiger partial charge in [-0.05, 0) is 40.6 Å². The molecule has 0 aliphatic rings. The zero-order chi connectivity index (χ0) is 16.1. The first-order valence-electron chi connectivity index (χ1n) is 6.89. The van der Waals surface area contributed by atoms with Crippen LogP contribution < -0.4 is 10.6 Å². The summed E-state index contributed by atoms with van der Waals surface area (Å²) in [5, 5.41) is 16.3. The monoisotopic (exact) mass is 302 g/mol. The molecule has 0 saturated carbocycles. The van der Waals surface area contributed by atoms with Crippen molar-refractivity contribution >= 4 is 17.5 Å². The molecule has 2 aromatic rings. The highest BCUT2D eigenvalue weighted by molar-refractivity contribution is 5.97. The SMILES string of the molecule is CC(=O)N[C@@H](C(=O)Nc1ccc(-n2cnnn2)cc1)C(C)C. The van der Waals surface area contributed by atoms with Crippen molar-refractivity contribution in [2.75, 3.05) is 5.32 Å². The Morgan fingerprint density at radius 3 is 2.36 bits per heavy atom. The molecule has 1 aromatic heterocycles. The van der Waals surface area contributed by atoms with E-state index in [2.05, 4.69) is 26.2 Å². The molecule has 0 fully saturated rings. The minimum atomic E-state index is -0.573. The number of amides is 2. The molecule has 0 bridgehead atoms. The molecule has 22 heavy (non-hydrogen) atoms. The molecule has 0 unspecified atom stereocenters. The third-order valence-electron chi connectivity index (χ3n) is 3.06. The van der Waals surface area contributed by atoms with E-state index in [0.717, 1.165) is 5.69 Å². The minimum Gasteiger partial charge on any atom is -0.344 e. The molecule has 1 atom stereocenters. The lowest BCUT2D eigenvalue weighted by Crippen LogP contribution is -2.46. The Labute approximate surface area is 127 Å². The predicted octanol–water partition coefficient (Wildman–Crippen LogP) is 0.761. The van der Waals surface area contributed by atoms with E-state index in [0.29, 0.717) is 5.69 Å². The fourth-order valence-corrected chi connectivity index (χ4v) is 1.95. The second kappa shape index (κ2) is 6.79. The van der Waals surface area contributed by atoms with Gasteiger partial charge >= 0.3 is 0 Å². The van der Waals surface area contributed by atoms with Gasteiger partial charge < -0.3 is 10.6 Å². The summed E-state index contributed by atoms with van der Waals surface area (Å²) in [5.74, 6) is -0.493. The first kappa shape index (κ1) is 15.6. The summed E-state index contributed by atoms with van der Waals surface area (Å²) in [4.78, 5) is 23.4. The van der Waals surface area contributed by atoms with E-state index in [1.54, 1.807) is 24.3 Å². The van der Waals surface area contributed by atoms with Gasteiger partial charge in [0, 0.05) is 12.6 Å². The molecule has 0 saturated heterocycles. The summed E-state index contributed by atoms with van der Waals surface area (Å²) in [6, 6.07) is 6.50. The first-order chi connectivity index (χ1) is 10.5. The van der Waals surface area contributed by atoms with Crippen LogP contribution in [0.5, 0.6) is 0 Å². The summed E-state index contributed by atoms with van der Waals surface area (Å²) in [5.41, 5.74) is 1.42. The topological polar surface area (TPSA) is 102 Å². The van der Waals surface area contributed by atoms with Crippen LogP contribution in [0.2, 0.25) is 0 Å². The van der Waals surface area contributed by atoms with E-state index in [-0.39, 0.29) is 17.7 Å². The number of benzene rings is 1. The predicted molar refractivity (Wildman–Crippen MR) is 80.2 cm³/mol. The number of hydrogen-bond acceptors (Lipinski definition) is 5. The smallest absolute Gasteiger partial charge is 0.247 e. The van der Waals surface area contributed by atoms with Crippen molar-refractivity contribution in [1.82, 2.24) is 25.5 Å². The average molecular weight is 302 g/mol. The van der Waals surface area contributed by atoms with Crippen molar-refractivity contribution in [3.63, 3.8) is 0 Å². The van der Waals surface area contributed by atoms with Gasteiger partial charge in [0.05, 0.1) is 5.69 Å². The normalized spacial score (nSPS) is 12.0. The molecule has 0 radical (unpaired) electrons. The van der Waals surface area contributed by atoms with Crippen molar-refractivity contribution in [1.29, 1.82) is 0 Å². The summed E-state index contributed by atoms with van der Waals surface area (Å²) < 4.78 is 1.51. The van der Waals surface area contributed by atoms with Gasteiger partial charge in [0.15, 0.2) is 0 Å². The Hall–Kier alpha value is -2.77. The van der Waals surface area contributed by atoms with Crippen LogP contribution in [-0.2, 0) is 9.59 Å². The van der Waals surface area contributed by atoms with Crippen LogP contribution in [-0.4, -0.2) is 38.1 Å². The number of nitrogens with zero attached hydrogens (tertiary/aromatic N) is 4. The van der Waals surface area contributed by atoms with Crippen LogP contribution in [0.1, 0.15) is 20.8 Å². The maximum Gasteiger partial charge on any atom is 0.247 e. The molecule has 116 valence electrons. The number of aromatic nitrogens is 4. The third kappa shape index (κ3) is 3.87. The fraction of sp³-hybridized carbons (Fsp3) is 0.357. The number of anilines is 1. The van der Waals surface area contributed by atoms with Crippen LogP contribution in [0.4, 0.5) is 5.69 Å². The van der Waals surface area contributed by atoms with Crippen LogP contribution in [0.25, 0.3) is 5.69 Å². The molecule has 0 aliphatic carbocycles. The Kier molecular flexibility index (Phi) is 4.82. The number of carbonyl (C=O) groups is 2. The number of nitrogens with one attached hydrogen (secondary N) is 2. The van der Waals surface area contributed by atoms with Gasteiger partial charge in [0.2, 0.25) is 11.8 Å². The molecule has 1 heterocycles. The second-order valence-corrected chi connectivity index (χ2v) is 5.21. The highest BCUT2D eigenvalue weighted by Crippen LogP contribution is 2.13. The maximum atomic E-state index is 12.2. The minimum absolute atomic E-state index is 0.00982. The Bertz CT molecular complexity index is 636. The van der Waals surface area contributed by atoms with E-state index in [4.69, 9.17) is 0 Å². The molecule has 2 N–H and O–H groups in total. The number of hydrogen-bond donors (Lipinski definition) is 2. The van der Waals surface area contributed by atoms with Crippen LogP contribution in [0.3, 0.4) is 0 Å². The van der Waals surface area contributed by atoms with Crippen molar-refractivity contribution in [3.05, 3.63) is 30.6 Å². The van der Waals surface area contributed by atoms with Gasteiger partial charge in [0.25, 0.3) is 0 Å². The molecular weight excluding hydrogens is 284 g/mol. The molecule has 8 nitrogen and oxygen atoms in total. The van der Waals surface area contributed by atoms with Gasteiger partial charge in [-0.2, -0.15) is 0 Å². The van der Waals surface area contributed by atoms with Crippen LogP contribution in [0.15, 0.2) is 30.6 Å². The molecule has 2 amide bonds. The van der Waals surface area contributed by atoms with Gasteiger partial charge in [-0.1, -0.05) is 13.8 Å². The quantitative estimate of drug-likeness (QED) is 0.849. The van der Waals surface area contributed by atoms with E-state index in [9.17, 15) is 9.59 Å². The lowest BCUT2D eigenvalue weighted by molar-refractivity contribution is -0.126. The average Bonchev–Trinajstić information content (AvgIpc) is 2.99. The summed E-state index contributed by atoms with van der Waals surface area (Å²) in [6.07, 6.45) is 1.49. The lowest BCUT2D eigenvalue weighted by atomic mass is 10.0. The van der Waals surface area contributed by atoms with E-state index in [1.807, 2.05) is 13.8 Å². The standard InChI is InChI=1S/C14H18N6O2/c1-9(2)13(16-10(3)21)14(22)17-11-4-6-12(7-5-11)20-8-15-18-19-20/h4-9,13H,1-3H3,(H,16,21)(H,17,22)/t13-/m1/s1. The van der Waals surface area contributed by atoms with Crippen LogP contribution in [0, 0.1) is 5.92 Å². The van der Waals surface area contributed by atoms with E-state index in [1.165, 1.54) is 17.9 Å². The Morgan fingerprint density at radius 2 is 1.86 bits per heavy atom. The van der Waals surface area contributed by atoms with Crippen LogP contribution >= 0.6 is 0 Å². The zero-order valence-corrected chi connectivity index (χ0v) is 12.6. The van der Waals surface area contributed by atoms with Gasteiger partial charge in [-0.15, -0.1) is 5.10 Å². The van der Waals surface area contributed by atoms with Crippen molar-refractivity contribution < 1.29 is 9.59 Å². The van der Waals surface area contributed by atoms with Gasteiger partial charge in [0.1, 0.15) is 12.4 Å². The molecule has 2 rings (SSSR count). The molecular formula is C14H18N6O2. The summed E-state index contributed by atoms with van der Waals surface area (Å²) >= 11 is 0. The molecule has 0 spiro atoms. The molecule has 1 aromatic carbocycles. The number of tetrazole rings is 1. The fourth-order valence-electron chi connectivity index (χ4n) is 1.95. The van der Waals surface area contributed by atoms with E-state index >= 15 is 0 Å².